The molecule has 4 heteroatoms. The lowest BCUT2D eigenvalue weighted by Gasteiger charge is -2.21. The first-order valence-electron chi connectivity index (χ1n) is 3.05. The van der Waals surface area contributed by atoms with Crippen LogP contribution in [0.15, 0.2) is 0 Å². The van der Waals surface area contributed by atoms with Gasteiger partial charge in [-0.3, -0.25) is 9.80 Å². The zero-order valence-corrected chi connectivity index (χ0v) is 5.50. The SMILES string of the molecule is CNN1CCCN1C=O. The average Bonchev–Trinajstić information content (AvgIpc) is 2.33. The van der Waals surface area contributed by atoms with Gasteiger partial charge in [0.15, 0.2) is 0 Å². The second-order valence-corrected chi connectivity index (χ2v) is 1.97. The van der Waals surface area contributed by atoms with Crippen molar-refractivity contribution in [2.24, 2.45) is 0 Å². The van der Waals surface area contributed by atoms with E-state index in [-0.39, 0.29) is 0 Å². The Morgan fingerprint density at radius 1 is 1.56 bits per heavy atom. The van der Waals surface area contributed by atoms with Crippen LogP contribution in [0.3, 0.4) is 0 Å². The molecule has 1 amide bonds. The van der Waals surface area contributed by atoms with Gasteiger partial charge in [0.25, 0.3) is 0 Å². The number of hydrazine groups is 2. The molecule has 0 radical (unpaired) electrons. The van der Waals surface area contributed by atoms with Crippen molar-refractivity contribution in [1.82, 2.24) is 15.6 Å². The van der Waals surface area contributed by atoms with Crippen LogP contribution in [-0.4, -0.2) is 36.7 Å². The molecule has 1 rings (SSSR count). The normalized spacial score (nSPS) is 20.8. The minimum Gasteiger partial charge on any atom is -0.277 e. The fourth-order valence-corrected chi connectivity index (χ4v) is 0.981. The summed E-state index contributed by atoms with van der Waals surface area (Å²) < 4.78 is 0. The molecule has 0 aliphatic carbocycles. The average molecular weight is 129 g/mol. The molecule has 1 aliphatic heterocycles. The number of rotatable bonds is 2. The van der Waals surface area contributed by atoms with Crippen LogP contribution in [0.2, 0.25) is 0 Å². The van der Waals surface area contributed by atoms with Gasteiger partial charge < -0.3 is 0 Å². The highest BCUT2D eigenvalue weighted by Crippen LogP contribution is 2.02. The van der Waals surface area contributed by atoms with Crippen LogP contribution in [0.1, 0.15) is 6.42 Å². The molecule has 52 valence electrons. The lowest BCUT2D eigenvalue weighted by molar-refractivity contribution is -0.132. The van der Waals surface area contributed by atoms with Crippen molar-refractivity contribution in [3.8, 4) is 0 Å². The van der Waals surface area contributed by atoms with E-state index in [0.717, 1.165) is 25.9 Å². The number of carbonyl (C=O) groups excluding carboxylic acids is 1. The van der Waals surface area contributed by atoms with Crippen molar-refractivity contribution in [2.75, 3.05) is 20.1 Å². The Labute approximate surface area is 54.4 Å². The predicted octanol–water partition coefficient (Wildman–Crippen LogP) is -0.800. The number of amides is 1. The van der Waals surface area contributed by atoms with Gasteiger partial charge >= 0.3 is 0 Å². The quantitative estimate of drug-likeness (QED) is 0.496. The van der Waals surface area contributed by atoms with Crippen molar-refractivity contribution in [3.05, 3.63) is 0 Å². The van der Waals surface area contributed by atoms with Crippen LogP contribution in [-0.2, 0) is 4.79 Å². The second kappa shape index (κ2) is 2.80. The monoisotopic (exact) mass is 129 g/mol. The Morgan fingerprint density at radius 3 is 2.78 bits per heavy atom. The Morgan fingerprint density at radius 2 is 2.33 bits per heavy atom. The van der Waals surface area contributed by atoms with Gasteiger partial charge in [-0.05, 0) is 6.42 Å². The zero-order valence-electron chi connectivity index (χ0n) is 5.50. The Bertz CT molecular complexity index is 106. The number of nitrogens with one attached hydrogen (secondary N) is 1. The molecule has 1 saturated heterocycles. The molecular weight excluding hydrogens is 118 g/mol. The van der Waals surface area contributed by atoms with Gasteiger partial charge in [0.1, 0.15) is 0 Å². The van der Waals surface area contributed by atoms with E-state index in [1.54, 1.807) is 10.1 Å². The maximum atomic E-state index is 10.2. The van der Waals surface area contributed by atoms with E-state index >= 15 is 0 Å². The van der Waals surface area contributed by atoms with Gasteiger partial charge in [-0.1, -0.05) is 0 Å². The van der Waals surface area contributed by atoms with Gasteiger partial charge in [0, 0.05) is 20.1 Å². The molecule has 0 aromatic rings. The molecule has 0 atom stereocenters. The summed E-state index contributed by atoms with van der Waals surface area (Å²) >= 11 is 0. The molecule has 9 heavy (non-hydrogen) atoms. The van der Waals surface area contributed by atoms with Crippen molar-refractivity contribution in [1.29, 1.82) is 0 Å². The smallest absolute Gasteiger partial charge is 0.225 e. The second-order valence-electron chi connectivity index (χ2n) is 1.97. The van der Waals surface area contributed by atoms with E-state index < -0.39 is 0 Å². The molecule has 1 N–H and O–H groups in total. The molecule has 1 fully saturated rings. The van der Waals surface area contributed by atoms with Crippen LogP contribution in [0, 0.1) is 0 Å². The van der Waals surface area contributed by atoms with Crippen molar-refractivity contribution >= 4 is 6.41 Å². The van der Waals surface area contributed by atoms with Crippen LogP contribution < -0.4 is 5.43 Å². The molecule has 0 aromatic heterocycles. The largest absolute Gasteiger partial charge is 0.277 e. The summed E-state index contributed by atoms with van der Waals surface area (Å²) in [7, 11) is 1.81. The van der Waals surface area contributed by atoms with Gasteiger partial charge in [-0.2, -0.15) is 5.12 Å². The van der Waals surface area contributed by atoms with Crippen LogP contribution >= 0.6 is 0 Å². The summed E-state index contributed by atoms with van der Waals surface area (Å²) in [5, 5.41) is 3.42. The fourth-order valence-electron chi connectivity index (χ4n) is 0.981. The summed E-state index contributed by atoms with van der Waals surface area (Å²) in [5.74, 6) is 0. The van der Waals surface area contributed by atoms with Gasteiger partial charge in [0.05, 0.1) is 0 Å². The number of hydrogen-bond acceptors (Lipinski definition) is 3. The number of hydrogen-bond donors (Lipinski definition) is 1. The lowest BCUT2D eigenvalue weighted by Crippen LogP contribution is -2.43. The highest BCUT2D eigenvalue weighted by molar-refractivity contribution is 5.46. The Hall–Kier alpha value is -0.610. The van der Waals surface area contributed by atoms with Gasteiger partial charge in [0.2, 0.25) is 6.41 Å². The first kappa shape index (κ1) is 6.51. The first-order valence-corrected chi connectivity index (χ1v) is 3.05. The summed E-state index contributed by atoms with van der Waals surface area (Å²) in [6, 6.07) is 0. The van der Waals surface area contributed by atoms with Crippen LogP contribution in [0.5, 0.6) is 0 Å². The minimum absolute atomic E-state index is 0.837. The Balaban J connectivity index is 2.41. The summed E-state index contributed by atoms with van der Waals surface area (Å²) in [4.78, 5) is 10.2. The summed E-state index contributed by atoms with van der Waals surface area (Å²) in [6.45, 7) is 1.76. The molecule has 0 unspecified atom stereocenters. The molecule has 0 saturated carbocycles. The third-order valence-electron chi connectivity index (χ3n) is 1.45. The van der Waals surface area contributed by atoms with E-state index in [2.05, 4.69) is 5.43 Å². The molecule has 0 spiro atoms. The topological polar surface area (TPSA) is 35.6 Å². The third kappa shape index (κ3) is 1.20. The molecule has 0 aromatic carbocycles. The maximum Gasteiger partial charge on any atom is 0.225 e. The fraction of sp³-hybridized carbons (Fsp3) is 0.800. The third-order valence-corrected chi connectivity index (χ3v) is 1.45. The summed E-state index contributed by atoms with van der Waals surface area (Å²) in [5.41, 5.74) is 2.89. The molecule has 0 bridgehead atoms. The van der Waals surface area contributed by atoms with E-state index in [9.17, 15) is 4.79 Å². The van der Waals surface area contributed by atoms with E-state index in [0.29, 0.717) is 0 Å². The minimum atomic E-state index is 0.837. The highest BCUT2D eigenvalue weighted by Gasteiger charge is 2.17. The van der Waals surface area contributed by atoms with Gasteiger partial charge in [-0.15, -0.1) is 0 Å². The van der Waals surface area contributed by atoms with E-state index in [1.807, 2.05) is 7.05 Å². The van der Waals surface area contributed by atoms with E-state index in [4.69, 9.17) is 0 Å². The number of nitrogens with zero attached hydrogens (tertiary/aromatic N) is 2. The number of carbonyl (C=O) groups is 1. The van der Waals surface area contributed by atoms with E-state index in [1.165, 1.54) is 0 Å². The lowest BCUT2D eigenvalue weighted by atomic mass is 10.5. The Kier molecular flexibility index (Phi) is 2.02. The zero-order chi connectivity index (χ0) is 6.69. The maximum absolute atomic E-state index is 10.2. The first-order chi connectivity index (χ1) is 4.38. The van der Waals surface area contributed by atoms with Crippen LogP contribution in [0.4, 0.5) is 0 Å². The van der Waals surface area contributed by atoms with Gasteiger partial charge in [-0.25, -0.2) is 5.43 Å². The van der Waals surface area contributed by atoms with Crippen molar-refractivity contribution < 1.29 is 4.79 Å². The molecular formula is C5H11N3O. The van der Waals surface area contributed by atoms with Crippen molar-refractivity contribution in [3.63, 3.8) is 0 Å². The summed E-state index contributed by atoms with van der Waals surface area (Å²) in [6.07, 6.45) is 1.89. The predicted molar refractivity (Wildman–Crippen MR) is 33.2 cm³/mol. The highest BCUT2D eigenvalue weighted by atomic mass is 16.2. The molecule has 1 heterocycles. The standard InChI is InChI=1S/C5H11N3O/c1-6-8-4-2-3-7(8)5-9/h5-6H,2-4H2,1H3. The molecule has 1 aliphatic rings. The van der Waals surface area contributed by atoms with Crippen LogP contribution in [0.25, 0.3) is 0 Å². The van der Waals surface area contributed by atoms with Crippen molar-refractivity contribution in [2.45, 2.75) is 6.42 Å². The molecule has 4 nitrogen and oxygen atoms in total.